The van der Waals surface area contributed by atoms with Crippen LogP contribution < -0.4 is 16.0 Å². The van der Waals surface area contributed by atoms with Gasteiger partial charge in [0.1, 0.15) is 5.82 Å². The molecule has 3 amide bonds. The molecule has 9 nitrogen and oxygen atoms in total. The molecule has 3 N–H and O–H groups in total. The average molecular weight is 507 g/mol. The lowest BCUT2D eigenvalue weighted by molar-refractivity contribution is -0.146. The van der Waals surface area contributed by atoms with Crippen molar-refractivity contribution >= 4 is 23.4 Å². The molecule has 0 aromatic heterocycles. The van der Waals surface area contributed by atoms with E-state index in [1.807, 2.05) is 27.7 Å². The average Bonchev–Trinajstić information content (AvgIpc) is 3.13. The van der Waals surface area contributed by atoms with E-state index in [0.717, 1.165) is 23.5 Å². The van der Waals surface area contributed by atoms with Gasteiger partial charge in [0, 0.05) is 43.7 Å². The molecule has 1 aromatic rings. The Kier molecular flexibility index (Phi) is 11.3. The maximum atomic E-state index is 12.7. The Morgan fingerprint density at radius 1 is 1.25 bits per heavy atom. The van der Waals surface area contributed by atoms with E-state index in [0.29, 0.717) is 31.9 Å². The molecular formula is C26H39FN4O5. The summed E-state index contributed by atoms with van der Waals surface area (Å²) >= 11 is 0. The monoisotopic (exact) mass is 506 g/mol. The lowest BCUT2D eigenvalue weighted by atomic mass is 10.00. The predicted molar refractivity (Wildman–Crippen MR) is 136 cm³/mol. The second kappa shape index (κ2) is 13.9. The third-order valence-electron chi connectivity index (χ3n) is 6.13. The first kappa shape index (κ1) is 29.3. The van der Waals surface area contributed by atoms with Gasteiger partial charge < -0.3 is 30.3 Å². The summed E-state index contributed by atoms with van der Waals surface area (Å²) in [6.07, 6.45) is -0.681. The number of halogens is 1. The van der Waals surface area contributed by atoms with Crippen LogP contribution in [-0.2, 0) is 23.9 Å². The molecule has 0 aliphatic carbocycles. The number of allylic oxidation sites excluding steroid dienone is 1. The van der Waals surface area contributed by atoms with Crippen LogP contribution in [0.2, 0.25) is 0 Å². The Morgan fingerprint density at radius 3 is 2.50 bits per heavy atom. The van der Waals surface area contributed by atoms with Gasteiger partial charge in [0.25, 0.3) is 5.91 Å². The number of carbonyl (C=O) groups excluding carboxylic acids is 3. The Hall–Kier alpha value is -2.98. The molecule has 3 rings (SSSR count). The van der Waals surface area contributed by atoms with Crippen molar-refractivity contribution in [3.05, 3.63) is 40.8 Å². The number of fused-ring (bicyclic) bond motifs is 1. The lowest BCUT2D eigenvalue weighted by Crippen LogP contribution is -2.50. The number of nitrogens with zero attached hydrogens (tertiary/aromatic N) is 1. The molecule has 1 saturated heterocycles. The van der Waals surface area contributed by atoms with Crippen molar-refractivity contribution in [3.63, 3.8) is 0 Å². The first-order chi connectivity index (χ1) is 17.1. The number of morpholine rings is 1. The van der Waals surface area contributed by atoms with E-state index in [1.165, 1.54) is 19.2 Å². The van der Waals surface area contributed by atoms with Gasteiger partial charge in [-0.2, -0.15) is 0 Å². The van der Waals surface area contributed by atoms with E-state index in [1.54, 1.807) is 17.9 Å². The summed E-state index contributed by atoms with van der Waals surface area (Å²) in [4.78, 5) is 37.8. The van der Waals surface area contributed by atoms with Crippen molar-refractivity contribution in [2.45, 2.75) is 46.6 Å². The number of nitrogens with one attached hydrogen (secondary N) is 3. The van der Waals surface area contributed by atoms with Crippen molar-refractivity contribution in [3.8, 4) is 0 Å². The minimum atomic E-state index is -0.681. The summed E-state index contributed by atoms with van der Waals surface area (Å²) in [5.41, 5.74) is 3.04. The standard InChI is InChI=1S/C17H31N3O4.C9H8FNO/c1-6-18-13(4)15(12(2)3)16(21)19-11-14(23-5)17(22)20-7-9-24-10-8-20;1-5-7-4-6(10)2-3-8(7)11-9(5)12/h12,14,18H,6-11H2,1-5H3,(H,19,21);2-5H,1H3,(H,11,12)/b15-13+;. The van der Waals surface area contributed by atoms with Gasteiger partial charge in [-0.05, 0) is 50.5 Å². The largest absolute Gasteiger partial charge is 0.388 e. The molecule has 2 aliphatic rings. The van der Waals surface area contributed by atoms with E-state index in [4.69, 9.17) is 9.47 Å². The number of rotatable bonds is 8. The smallest absolute Gasteiger partial charge is 0.253 e. The van der Waals surface area contributed by atoms with Gasteiger partial charge in [-0.1, -0.05) is 13.8 Å². The zero-order chi connectivity index (χ0) is 26.8. The van der Waals surface area contributed by atoms with Crippen LogP contribution in [0.1, 0.15) is 46.1 Å². The molecule has 200 valence electrons. The first-order valence-electron chi connectivity index (χ1n) is 12.3. The molecule has 36 heavy (non-hydrogen) atoms. The van der Waals surface area contributed by atoms with Crippen LogP contribution in [0.25, 0.3) is 0 Å². The summed E-state index contributed by atoms with van der Waals surface area (Å²) in [7, 11) is 1.48. The quantitative estimate of drug-likeness (QED) is 0.467. The topological polar surface area (TPSA) is 109 Å². The maximum Gasteiger partial charge on any atom is 0.253 e. The predicted octanol–water partition coefficient (Wildman–Crippen LogP) is 2.40. The van der Waals surface area contributed by atoms with Gasteiger partial charge in [0.15, 0.2) is 6.10 Å². The summed E-state index contributed by atoms with van der Waals surface area (Å²) < 4.78 is 23.3. The highest BCUT2D eigenvalue weighted by Crippen LogP contribution is 2.32. The van der Waals surface area contributed by atoms with E-state index in [-0.39, 0.29) is 41.9 Å². The SMILES string of the molecule is CC1C(=O)Nc2ccc(F)cc21.CCN/C(C)=C(/C(=O)NCC(OC)C(=O)N1CCOCC1)C(C)C. The third-order valence-corrected chi connectivity index (χ3v) is 6.13. The second-order valence-electron chi connectivity index (χ2n) is 9.04. The summed E-state index contributed by atoms with van der Waals surface area (Å²) in [5, 5.41) is 8.69. The molecule has 1 fully saturated rings. The van der Waals surface area contributed by atoms with Crippen LogP contribution in [-0.4, -0.2) is 75.2 Å². The second-order valence-corrected chi connectivity index (χ2v) is 9.04. The molecule has 2 unspecified atom stereocenters. The fraction of sp³-hybridized carbons (Fsp3) is 0.577. The highest BCUT2D eigenvalue weighted by atomic mass is 19.1. The molecule has 0 saturated carbocycles. The van der Waals surface area contributed by atoms with Crippen molar-refractivity contribution in [1.29, 1.82) is 0 Å². The van der Waals surface area contributed by atoms with E-state index in [2.05, 4.69) is 16.0 Å². The van der Waals surface area contributed by atoms with Crippen molar-refractivity contribution in [2.24, 2.45) is 5.92 Å². The summed E-state index contributed by atoms with van der Waals surface area (Å²) in [5.74, 6) is -0.775. The number of hydrogen-bond acceptors (Lipinski definition) is 6. The molecular weight excluding hydrogens is 467 g/mol. The Labute approximate surface area is 212 Å². The van der Waals surface area contributed by atoms with Gasteiger partial charge in [0.2, 0.25) is 11.8 Å². The van der Waals surface area contributed by atoms with E-state index >= 15 is 0 Å². The maximum absolute atomic E-state index is 12.7. The van der Waals surface area contributed by atoms with Crippen LogP contribution in [0.15, 0.2) is 29.5 Å². The number of methoxy groups -OCH3 is 1. The fourth-order valence-corrected chi connectivity index (χ4v) is 4.15. The van der Waals surface area contributed by atoms with E-state index < -0.39 is 6.10 Å². The van der Waals surface area contributed by atoms with Crippen molar-refractivity contribution in [1.82, 2.24) is 15.5 Å². The minimum Gasteiger partial charge on any atom is -0.388 e. The van der Waals surface area contributed by atoms with Crippen LogP contribution in [0.5, 0.6) is 0 Å². The number of benzene rings is 1. The highest BCUT2D eigenvalue weighted by molar-refractivity contribution is 6.02. The zero-order valence-corrected chi connectivity index (χ0v) is 22.1. The Morgan fingerprint density at radius 2 is 1.92 bits per heavy atom. The van der Waals surface area contributed by atoms with Gasteiger partial charge in [-0.3, -0.25) is 14.4 Å². The number of carbonyl (C=O) groups is 3. The fourth-order valence-electron chi connectivity index (χ4n) is 4.15. The normalized spacial score (nSPS) is 18.4. The van der Waals surface area contributed by atoms with Crippen molar-refractivity contribution < 1.29 is 28.2 Å². The molecule has 0 bridgehead atoms. The van der Waals surface area contributed by atoms with Crippen LogP contribution in [0.4, 0.5) is 10.1 Å². The molecule has 0 radical (unpaired) electrons. The van der Waals surface area contributed by atoms with Crippen LogP contribution >= 0.6 is 0 Å². The summed E-state index contributed by atoms with van der Waals surface area (Å²) in [6.45, 7) is 12.7. The molecule has 1 aromatic carbocycles. The van der Waals surface area contributed by atoms with E-state index in [9.17, 15) is 18.8 Å². The first-order valence-corrected chi connectivity index (χ1v) is 12.3. The van der Waals surface area contributed by atoms with Crippen molar-refractivity contribution in [2.75, 3.05) is 51.8 Å². The van der Waals surface area contributed by atoms with Gasteiger partial charge in [0.05, 0.1) is 25.7 Å². The number of anilines is 1. The Bertz CT molecular complexity index is 960. The molecule has 0 spiro atoms. The summed E-state index contributed by atoms with van der Waals surface area (Å²) in [6, 6.07) is 4.33. The number of ether oxygens (including phenoxy) is 2. The third kappa shape index (κ3) is 7.76. The lowest BCUT2D eigenvalue weighted by Gasteiger charge is -2.30. The van der Waals surface area contributed by atoms with Gasteiger partial charge in [-0.25, -0.2) is 4.39 Å². The van der Waals surface area contributed by atoms with Gasteiger partial charge >= 0.3 is 0 Å². The zero-order valence-electron chi connectivity index (χ0n) is 22.1. The molecule has 10 heteroatoms. The number of amides is 3. The minimum absolute atomic E-state index is 0.0596. The van der Waals surface area contributed by atoms with Crippen LogP contribution in [0, 0.1) is 11.7 Å². The van der Waals surface area contributed by atoms with Gasteiger partial charge in [-0.15, -0.1) is 0 Å². The van der Waals surface area contributed by atoms with Crippen LogP contribution in [0.3, 0.4) is 0 Å². The molecule has 2 heterocycles. The highest BCUT2D eigenvalue weighted by Gasteiger charge is 2.27. The Balaban J connectivity index is 0.000000313. The molecule has 2 atom stereocenters. The molecule has 2 aliphatic heterocycles. The number of hydrogen-bond donors (Lipinski definition) is 3.